The van der Waals surface area contributed by atoms with Crippen LogP contribution < -0.4 is 0 Å². The zero-order chi connectivity index (χ0) is 13.4. The maximum absolute atomic E-state index is 5.16. The molecule has 3 aromatic rings. The minimum atomic E-state index is 0.780. The van der Waals surface area contributed by atoms with Crippen molar-refractivity contribution in [2.24, 2.45) is 7.05 Å². The highest BCUT2D eigenvalue weighted by molar-refractivity contribution is 7.98. The van der Waals surface area contributed by atoms with E-state index < -0.39 is 0 Å². The third-order valence-corrected chi connectivity index (χ3v) is 4.06. The molecule has 3 heterocycles. The van der Waals surface area contributed by atoms with Crippen molar-refractivity contribution in [3.63, 3.8) is 0 Å². The summed E-state index contributed by atoms with van der Waals surface area (Å²) in [4.78, 5) is 8.55. The first-order valence-electron chi connectivity index (χ1n) is 5.84. The molecule has 98 valence electrons. The van der Waals surface area contributed by atoms with Gasteiger partial charge in [-0.05, 0) is 13.8 Å². The Bertz CT molecular complexity index is 713. The van der Waals surface area contributed by atoms with Gasteiger partial charge < -0.3 is 4.52 Å². The van der Waals surface area contributed by atoms with Crippen molar-refractivity contribution in [1.29, 1.82) is 0 Å². The highest BCUT2D eigenvalue weighted by atomic mass is 32.2. The molecule has 0 radical (unpaired) electrons. The predicted octanol–water partition coefficient (Wildman–Crippen LogP) is 2.26. The molecule has 0 N–H and O–H groups in total. The molecule has 3 aromatic heterocycles. The first kappa shape index (κ1) is 12.2. The molecule has 0 amide bonds. The van der Waals surface area contributed by atoms with Crippen molar-refractivity contribution in [2.45, 2.75) is 24.6 Å². The average molecular weight is 275 g/mol. The van der Waals surface area contributed by atoms with E-state index in [1.807, 2.05) is 20.9 Å². The highest BCUT2D eigenvalue weighted by Crippen LogP contribution is 2.28. The van der Waals surface area contributed by atoms with Gasteiger partial charge in [-0.25, -0.2) is 9.97 Å². The Balaban J connectivity index is 1.90. The van der Waals surface area contributed by atoms with E-state index in [9.17, 15) is 0 Å². The molecule has 6 nitrogen and oxygen atoms in total. The summed E-state index contributed by atoms with van der Waals surface area (Å²) >= 11 is 1.64. The highest BCUT2D eigenvalue weighted by Gasteiger charge is 2.12. The molecule has 0 aliphatic rings. The molecule has 0 saturated carbocycles. The summed E-state index contributed by atoms with van der Waals surface area (Å²) in [5.74, 6) is 1.64. The second-order valence-corrected chi connectivity index (χ2v) is 5.24. The number of rotatable bonds is 3. The van der Waals surface area contributed by atoms with Crippen molar-refractivity contribution in [3.05, 3.63) is 29.5 Å². The Morgan fingerprint density at radius 3 is 2.89 bits per heavy atom. The summed E-state index contributed by atoms with van der Waals surface area (Å²) in [5.41, 5.74) is 2.90. The van der Waals surface area contributed by atoms with Crippen LogP contribution in [0.25, 0.3) is 11.0 Å². The van der Waals surface area contributed by atoms with Crippen LogP contribution in [0.5, 0.6) is 0 Å². The SMILES string of the molecule is Cc1noc(C)c1CSc1ncnc2c1cnn2C. The summed E-state index contributed by atoms with van der Waals surface area (Å²) in [6.45, 7) is 3.88. The maximum Gasteiger partial charge on any atom is 0.162 e. The second-order valence-electron chi connectivity index (χ2n) is 4.28. The lowest BCUT2D eigenvalue weighted by Gasteiger charge is -2.01. The fourth-order valence-electron chi connectivity index (χ4n) is 1.90. The summed E-state index contributed by atoms with van der Waals surface area (Å²) in [6, 6.07) is 0. The summed E-state index contributed by atoms with van der Waals surface area (Å²) < 4.78 is 6.91. The smallest absolute Gasteiger partial charge is 0.162 e. The van der Waals surface area contributed by atoms with Crippen LogP contribution in [0.15, 0.2) is 22.1 Å². The van der Waals surface area contributed by atoms with Crippen LogP contribution in [0.1, 0.15) is 17.0 Å². The van der Waals surface area contributed by atoms with E-state index in [4.69, 9.17) is 4.52 Å². The predicted molar refractivity (Wildman–Crippen MR) is 71.8 cm³/mol. The number of nitrogens with zero attached hydrogens (tertiary/aromatic N) is 5. The van der Waals surface area contributed by atoms with Crippen molar-refractivity contribution >= 4 is 22.8 Å². The third-order valence-electron chi connectivity index (χ3n) is 3.03. The quantitative estimate of drug-likeness (QED) is 0.539. The minimum absolute atomic E-state index is 0.780. The molecule has 0 fully saturated rings. The van der Waals surface area contributed by atoms with Crippen molar-refractivity contribution < 1.29 is 4.52 Å². The molecule has 3 rings (SSSR count). The molecule has 0 bridgehead atoms. The fourth-order valence-corrected chi connectivity index (χ4v) is 3.02. The lowest BCUT2D eigenvalue weighted by atomic mass is 10.2. The first-order chi connectivity index (χ1) is 9.16. The zero-order valence-electron chi connectivity index (χ0n) is 10.9. The average Bonchev–Trinajstić information content (AvgIpc) is 2.93. The van der Waals surface area contributed by atoms with Crippen molar-refractivity contribution in [1.82, 2.24) is 24.9 Å². The molecule has 7 heteroatoms. The van der Waals surface area contributed by atoms with Gasteiger partial charge >= 0.3 is 0 Å². The van der Waals surface area contributed by atoms with E-state index in [0.717, 1.165) is 38.8 Å². The van der Waals surface area contributed by atoms with Crippen LogP contribution in [0.2, 0.25) is 0 Å². The van der Waals surface area contributed by atoms with Gasteiger partial charge in [-0.1, -0.05) is 5.16 Å². The molecule has 0 spiro atoms. The molecule has 0 saturated heterocycles. The number of thioether (sulfide) groups is 1. The van der Waals surface area contributed by atoms with E-state index in [1.165, 1.54) is 0 Å². The molecule has 19 heavy (non-hydrogen) atoms. The number of hydrogen-bond acceptors (Lipinski definition) is 6. The Labute approximate surface area is 114 Å². The van der Waals surface area contributed by atoms with Crippen LogP contribution in [-0.4, -0.2) is 24.9 Å². The van der Waals surface area contributed by atoms with Gasteiger partial charge in [0.25, 0.3) is 0 Å². The molecule has 0 atom stereocenters. The Kier molecular flexibility index (Phi) is 2.98. The third kappa shape index (κ3) is 2.10. The number of fused-ring (bicyclic) bond motifs is 1. The summed E-state index contributed by atoms with van der Waals surface area (Å²) in [7, 11) is 1.87. The maximum atomic E-state index is 5.16. The number of aromatic nitrogens is 5. The normalized spacial score (nSPS) is 11.3. The van der Waals surface area contributed by atoms with Crippen LogP contribution >= 0.6 is 11.8 Å². The molecule has 0 unspecified atom stereocenters. The molecular weight excluding hydrogens is 262 g/mol. The van der Waals surface area contributed by atoms with Crippen LogP contribution in [0.4, 0.5) is 0 Å². The molecule has 0 aromatic carbocycles. The van der Waals surface area contributed by atoms with Crippen LogP contribution in [0.3, 0.4) is 0 Å². The Morgan fingerprint density at radius 2 is 2.16 bits per heavy atom. The number of aryl methyl sites for hydroxylation is 3. The lowest BCUT2D eigenvalue weighted by molar-refractivity contribution is 0.392. The van der Waals surface area contributed by atoms with Crippen molar-refractivity contribution in [3.8, 4) is 0 Å². The van der Waals surface area contributed by atoms with E-state index in [1.54, 1.807) is 29.0 Å². The van der Waals surface area contributed by atoms with E-state index in [-0.39, 0.29) is 0 Å². The van der Waals surface area contributed by atoms with Gasteiger partial charge in [-0.2, -0.15) is 5.10 Å². The first-order valence-corrected chi connectivity index (χ1v) is 6.82. The van der Waals surface area contributed by atoms with Crippen molar-refractivity contribution in [2.75, 3.05) is 0 Å². The van der Waals surface area contributed by atoms with Crippen LogP contribution in [0, 0.1) is 13.8 Å². The monoisotopic (exact) mass is 275 g/mol. The second kappa shape index (κ2) is 4.65. The van der Waals surface area contributed by atoms with Gasteiger partial charge in [0, 0.05) is 18.4 Å². The minimum Gasteiger partial charge on any atom is -0.361 e. The largest absolute Gasteiger partial charge is 0.361 e. The Morgan fingerprint density at radius 1 is 1.32 bits per heavy atom. The van der Waals surface area contributed by atoms with Gasteiger partial charge in [0.1, 0.15) is 17.1 Å². The van der Waals surface area contributed by atoms with Gasteiger partial charge in [0.05, 0.1) is 17.3 Å². The molecule has 0 aliphatic heterocycles. The molecular formula is C12H13N5OS. The lowest BCUT2D eigenvalue weighted by Crippen LogP contribution is -1.93. The zero-order valence-corrected chi connectivity index (χ0v) is 11.7. The molecule has 0 aliphatic carbocycles. The van der Waals surface area contributed by atoms with Gasteiger partial charge in [0.2, 0.25) is 0 Å². The summed E-state index contributed by atoms with van der Waals surface area (Å²) in [6.07, 6.45) is 3.37. The van der Waals surface area contributed by atoms with Crippen LogP contribution in [-0.2, 0) is 12.8 Å². The van der Waals surface area contributed by atoms with E-state index >= 15 is 0 Å². The number of hydrogen-bond donors (Lipinski definition) is 0. The Hall–Kier alpha value is -1.89. The fraction of sp³-hybridized carbons (Fsp3) is 0.333. The van der Waals surface area contributed by atoms with E-state index in [0.29, 0.717) is 0 Å². The topological polar surface area (TPSA) is 69.6 Å². The van der Waals surface area contributed by atoms with E-state index in [2.05, 4.69) is 20.2 Å². The van der Waals surface area contributed by atoms with Gasteiger partial charge in [-0.15, -0.1) is 11.8 Å². The standard InChI is InChI=1S/C12H13N5OS/c1-7-10(8(2)18-16-7)5-19-12-9-4-15-17(3)11(9)13-6-14-12/h4,6H,5H2,1-3H3. The summed E-state index contributed by atoms with van der Waals surface area (Å²) in [5, 5.41) is 10.1. The van der Waals surface area contributed by atoms with Gasteiger partial charge in [0.15, 0.2) is 5.65 Å². The van der Waals surface area contributed by atoms with Gasteiger partial charge in [-0.3, -0.25) is 4.68 Å².